The third-order valence-electron chi connectivity index (χ3n) is 6.47. The van der Waals surface area contributed by atoms with Gasteiger partial charge in [0.1, 0.15) is 0 Å². The van der Waals surface area contributed by atoms with Crippen molar-refractivity contribution in [3.63, 3.8) is 0 Å². The number of nitrogens with zero attached hydrogens (tertiary/aromatic N) is 6. The van der Waals surface area contributed by atoms with Crippen molar-refractivity contribution in [3.8, 4) is 11.5 Å². The lowest BCUT2D eigenvalue weighted by atomic mass is 9.97. The first kappa shape index (κ1) is 21.1. The minimum absolute atomic E-state index is 0.0901. The maximum absolute atomic E-state index is 5.52. The van der Waals surface area contributed by atoms with E-state index in [1.54, 1.807) is 0 Å². The Hall–Kier alpha value is -2.19. The molecule has 1 fully saturated rings. The van der Waals surface area contributed by atoms with Gasteiger partial charge in [-0.15, -0.1) is 5.10 Å². The lowest BCUT2D eigenvalue weighted by Gasteiger charge is -2.41. The minimum Gasteiger partial charge on any atom is -0.454 e. The van der Waals surface area contributed by atoms with Gasteiger partial charge in [-0.05, 0) is 54.3 Å². The van der Waals surface area contributed by atoms with E-state index >= 15 is 0 Å². The van der Waals surface area contributed by atoms with E-state index in [9.17, 15) is 0 Å². The van der Waals surface area contributed by atoms with Crippen LogP contribution < -0.4 is 9.47 Å². The molecule has 1 aromatic heterocycles. The van der Waals surface area contributed by atoms with Crippen LogP contribution in [0.3, 0.4) is 0 Å². The lowest BCUT2D eigenvalue weighted by Crippen LogP contribution is -2.49. The topological polar surface area (TPSA) is 68.5 Å². The molecule has 0 unspecified atom stereocenters. The number of rotatable bonds is 7. The number of benzene rings is 1. The smallest absolute Gasteiger partial charge is 0.231 e. The number of hydrogen-bond donors (Lipinski definition) is 0. The first-order chi connectivity index (χ1) is 14.4. The molecule has 4 rings (SSSR count). The van der Waals surface area contributed by atoms with E-state index in [-0.39, 0.29) is 11.6 Å². The van der Waals surface area contributed by atoms with Crippen molar-refractivity contribution in [3.05, 3.63) is 29.6 Å². The van der Waals surface area contributed by atoms with Crippen molar-refractivity contribution >= 4 is 0 Å². The molecule has 0 amide bonds. The fourth-order valence-corrected chi connectivity index (χ4v) is 4.34. The zero-order valence-corrected chi connectivity index (χ0v) is 18.8. The number of hydrogen-bond acceptors (Lipinski definition) is 7. The molecule has 0 N–H and O–H groups in total. The zero-order chi connectivity index (χ0) is 21.3. The molecule has 0 saturated carbocycles. The van der Waals surface area contributed by atoms with Crippen molar-refractivity contribution in [2.75, 3.05) is 33.0 Å². The molecule has 1 atom stereocenters. The highest BCUT2D eigenvalue weighted by molar-refractivity contribution is 5.44. The lowest BCUT2D eigenvalue weighted by molar-refractivity contribution is 0.0631. The molecule has 0 spiro atoms. The molecule has 30 heavy (non-hydrogen) atoms. The summed E-state index contributed by atoms with van der Waals surface area (Å²) >= 11 is 0. The van der Waals surface area contributed by atoms with Gasteiger partial charge in [-0.1, -0.05) is 26.8 Å². The largest absolute Gasteiger partial charge is 0.454 e. The molecule has 2 aliphatic heterocycles. The Bertz CT molecular complexity index is 857. The van der Waals surface area contributed by atoms with E-state index in [1.807, 2.05) is 10.7 Å². The Morgan fingerprint density at radius 3 is 2.50 bits per heavy atom. The van der Waals surface area contributed by atoms with Crippen LogP contribution in [0.5, 0.6) is 11.5 Å². The first-order valence-electron chi connectivity index (χ1n) is 11.0. The van der Waals surface area contributed by atoms with Crippen molar-refractivity contribution in [2.24, 2.45) is 5.92 Å². The fourth-order valence-electron chi connectivity index (χ4n) is 4.34. The molecule has 0 radical (unpaired) electrons. The highest BCUT2D eigenvalue weighted by Gasteiger charge is 2.34. The van der Waals surface area contributed by atoms with Crippen LogP contribution in [0.4, 0.5) is 0 Å². The summed E-state index contributed by atoms with van der Waals surface area (Å²) in [5.41, 5.74) is 1.18. The quantitative estimate of drug-likeness (QED) is 0.690. The zero-order valence-electron chi connectivity index (χ0n) is 18.8. The highest BCUT2D eigenvalue weighted by Crippen LogP contribution is 2.34. The van der Waals surface area contributed by atoms with Crippen LogP contribution in [0.15, 0.2) is 18.2 Å². The molecule has 3 heterocycles. The standard InChI is InChI=1S/C22H34N6O2/c1-6-22(4,5)28-21(23-24-25-28)20(16(2)3)27-11-9-26(10-12-27)14-17-7-8-18-19(13-17)30-15-29-18/h7-8,13,16,20H,6,9-12,14-15H2,1-5H3/t20-/m1/s1. The molecule has 0 aliphatic carbocycles. The van der Waals surface area contributed by atoms with E-state index in [2.05, 4.69) is 72.1 Å². The molecule has 8 nitrogen and oxygen atoms in total. The molecule has 1 saturated heterocycles. The summed E-state index contributed by atoms with van der Waals surface area (Å²) < 4.78 is 13.0. The van der Waals surface area contributed by atoms with Crippen molar-refractivity contribution < 1.29 is 9.47 Å². The van der Waals surface area contributed by atoms with Gasteiger partial charge < -0.3 is 9.47 Å². The molecule has 1 aromatic carbocycles. The van der Waals surface area contributed by atoms with Gasteiger partial charge in [-0.2, -0.15) is 0 Å². The maximum Gasteiger partial charge on any atom is 0.231 e. The van der Waals surface area contributed by atoms with E-state index in [0.717, 1.165) is 56.5 Å². The molecule has 2 aromatic rings. The van der Waals surface area contributed by atoms with Crippen LogP contribution >= 0.6 is 0 Å². The fraction of sp³-hybridized carbons (Fsp3) is 0.682. The second-order valence-electron chi connectivity index (χ2n) is 9.30. The summed E-state index contributed by atoms with van der Waals surface area (Å²) in [5.74, 6) is 3.12. The van der Waals surface area contributed by atoms with E-state index in [0.29, 0.717) is 12.7 Å². The van der Waals surface area contributed by atoms with Crippen LogP contribution in [0.1, 0.15) is 58.5 Å². The van der Waals surface area contributed by atoms with Gasteiger partial charge in [0.25, 0.3) is 0 Å². The van der Waals surface area contributed by atoms with Gasteiger partial charge >= 0.3 is 0 Å². The van der Waals surface area contributed by atoms with Gasteiger partial charge in [0, 0.05) is 32.7 Å². The number of aromatic nitrogens is 4. The third-order valence-corrected chi connectivity index (χ3v) is 6.47. The summed E-state index contributed by atoms with van der Waals surface area (Å²) in [5, 5.41) is 12.9. The van der Waals surface area contributed by atoms with Crippen LogP contribution in [0, 0.1) is 5.92 Å². The normalized spacial score (nSPS) is 18.9. The molecule has 0 bridgehead atoms. The van der Waals surface area contributed by atoms with Crippen LogP contribution in [-0.4, -0.2) is 63.0 Å². The predicted molar refractivity (Wildman–Crippen MR) is 114 cm³/mol. The average molecular weight is 415 g/mol. The summed E-state index contributed by atoms with van der Waals surface area (Å²) in [6, 6.07) is 6.47. The predicted octanol–water partition coefficient (Wildman–Crippen LogP) is 3.06. The van der Waals surface area contributed by atoms with Crippen molar-refractivity contribution in [2.45, 2.75) is 59.2 Å². The van der Waals surface area contributed by atoms with Gasteiger partial charge in [0.2, 0.25) is 6.79 Å². The summed E-state index contributed by atoms with van der Waals surface area (Å²) in [6.07, 6.45) is 0.985. The minimum atomic E-state index is -0.0901. The third kappa shape index (κ3) is 4.16. The summed E-state index contributed by atoms with van der Waals surface area (Å²) in [4.78, 5) is 5.05. The molecule has 8 heteroatoms. The maximum atomic E-state index is 5.52. The molecule has 2 aliphatic rings. The van der Waals surface area contributed by atoms with Crippen molar-refractivity contribution in [1.82, 2.24) is 30.0 Å². The second kappa shape index (κ2) is 8.51. The first-order valence-corrected chi connectivity index (χ1v) is 11.0. The van der Waals surface area contributed by atoms with Gasteiger partial charge in [0.05, 0.1) is 11.6 Å². The Labute approximate surface area is 179 Å². The molecular weight excluding hydrogens is 380 g/mol. The molecule has 164 valence electrons. The Morgan fingerprint density at radius 1 is 1.07 bits per heavy atom. The average Bonchev–Trinajstić information content (AvgIpc) is 3.39. The number of piperazine rings is 1. The van der Waals surface area contributed by atoms with Crippen LogP contribution in [0.25, 0.3) is 0 Å². The SMILES string of the molecule is CCC(C)(C)n1nnnc1[C@@H](C(C)C)N1CCN(Cc2ccc3c(c2)OCO3)CC1. The number of fused-ring (bicyclic) bond motifs is 1. The summed E-state index contributed by atoms with van der Waals surface area (Å²) in [6.45, 7) is 16.4. The van der Waals surface area contributed by atoms with Gasteiger partial charge in [0.15, 0.2) is 17.3 Å². The second-order valence-corrected chi connectivity index (χ2v) is 9.30. The van der Waals surface area contributed by atoms with Crippen molar-refractivity contribution in [1.29, 1.82) is 0 Å². The highest BCUT2D eigenvalue weighted by atomic mass is 16.7. The Kier molecular flexibility index (Phi) is 5.97. The van der Waals surface area contributed by atoms with Crippen LogP contribution in [0.2, 0.25) is 0 Å². The monoisotopic (exact) mass is 414 g/mol. The van der Waals surface area contributed by atoms with Crippen LogP contribution in [-0.2, 0) is 12.1 Å². The molecular formula is C22H34N6O2. The van der Waals surface area contributed by atoms with E-state index in [4.69, 9.17) is 9.47 Å². The van der Waals surface area contributed by atoms with E-state index in [1.165, 1.54) is 5.56 Å². The summed E-state index contributed by atoms with van der Waals surface area (Å²) in [7, 11) is 0. The van der Waals surface area contributed by atoms with Gasteiger partial charge in [-0.3, -0.25) is 9.80 Å². The number of tetrazole rings is 1. The van der Waals surface area contributed by atoms with Gasteiger partial charge in [-0.25, -0.2) is 4.68 Å². The Balaban J connectivity index is 1.43. The van der Waals surface area contributed by atoms with E-state index < -0.39 is 0 Å². The number of ether oxygens (including phenoxy) is 2. The Morgan fingerprint density at radius 2 is 1.80 bits per heavy atom.